The maximum atomic E-state index is 2.45. The van der Waals surface area contributed by atoms with Crippen molar-refractivity contribution in [2.75, 3.05) is 0 Å². The van der Waals surface area contributed by atoms with Crippen LogP contribution in [0.15, 0.2) is 164 Å². The summed E-state index contributed by atoms with van der Waals surface area (Å²) in [4.78, 5) is 1.51. The molecule has 0 atom stereocenters. The molecular weight excluding hydrogens is 637 g/mol. The molecule has 10 aromatic rings. The molecule has 0 saturated carbocycles. The Balaban J connectivity index is 1.07. The second-order valence-corrected chi connectivity index (χ2v) is 14.8. The molecular formula is C48H32N2S. The quantitative estimate of drug-likeness (QED) is 0.177. The average Bonchev–Trinajstić information content (AvgIpc) is 3.85. The van der Waals surface area contributed by atoms with Crippen molar-refractivity contribution in [3.05, 3.63) is 174 Å². The van der Waals surface area contributed by atoms with Crippen LogP contribution in [-0.4, -0.2) is 9.13 Å². The Labute approximate surface area is 299 Å². The molecule has 0 aliphatic heterocycles. The predicted molar refractivity (Wildman–Crippen MR) is 219 cm³/mol. The Morgan fingerprint density at radius 3 is 1.86 bits per heavy atom. The summed E-state index contributed by atoms with van der Waals surface area (Å²) in [6.45, 7) is 0. The largest absolute Gasteiger partial charge is 0.309 e. The predicted octanol–water partition coefficient (Wildman–Crippen LogP) is 13.4. The number of nitrogens with zero attached hydrogens (tertiary/aromatic N) is 2. The molecule has 11 rings (SSSR count). The molecule has 3 heterocycles. The number of thiophene rings is 1. The highest BCUT2D eigenvalue weighted by molar-refractivity contribution is 7.19. The van der Waals surface area contributed by atoms with Crippen LogP contribution in [0.4, 0.5) is 0 Å². The molecule has 0 fully saturated rings. The van der Waals surface area contributed by atoms with Crippen LogP contribution in [0.25, 0.3) is 93.4 Å². The zero-order valence-electron chi connectivity index (χ0n) is 27.9. The first-order chi connectivity index (χ1) is 25.3. The van der Waals surface area contributed by atoms with Gasteiger partial charge in [0.1, 0.15) is 0 Å². The average molecular weight is 669 g/mol. The highest BCUT2D eigenvalue weighted by Gasteiger charge is 2.17. The van der Waals surface area contributed by atoms with Crippen LogP contribution in [0.3, 0.4) is 0 Å². The fourth-order valence-electron chi connectivity index (χ4n) is 8.39. The van der Waals surface area contributed by atoms with E-state index < -0.39 is 0 Å². The third-order valence-corrected chi connectivity index (χ3v) is 12.0. The van der Waals surface area contributed by atoms with Crippen molar-refractivity contribution in [3.63, 3.8) is 0 Å². The molecule has 0 N–H and O–H groups in total. The highest BCUT2D eigenvalue weighted by atomic mass is 32.1. The van der Waals surface area contributed by atoms with Crippen LogP contribution in [0, 0.1) is 0 Å². The second-order valence-electron chi connectivity index (χ2n) is 13.6. The Bertz CT molecular complexity index is 3020. The van der Waals surface area contributed by atoms with Crippen molar-refractivity contribution in [2.45, 2.75) is 12.8 Å². The molecule has 0 radical (unpaired) electrons. The van der Waals surface area contributed by atoms with Crippen LogP contribution in [0.5, 0.6) is 0 Å². The molecule has 7 aromatic carbocycles. The van der Waals surface area contributed by atoms with Gasteiger partial charge in [0.25, 0.3) is 0 Å². The van der Waals surface area contributed by atoms with Gasteiger partial charge in [-0.3, -0.25) is 0 Å². The van der Waals surface area contributed by atoms with Gasteiger partial charge < -0.3 is 9.13 Å². The number of hydrogen-bond donors (Lipinski definition) is 0. The van der Waals surface area contributed by atoms with E-state index >= 15 is 0 Å². The summed E-state index contributed by atoms with van der Waals surface area (Å²) in [7, 11) is 0. The van der Waals surface area contributed by atoms with Gasteiger partial charge in [0.15, 0.2) is 0 Å². The number of para-hydroxylation sites is 3. The number of benzene rings is 7. The Morgan fingerprint density at radius 2 is 1.02 bits per heavy atom. The molecule has 3 aromatic heterocycles. The summed E-state index contributed by atoms with van der Waals surface area (Å²) in [5.74, 6) is 0. The van der Waals surface area contributed by atoms with Crippen LogP contribution in [-0.2, 0) is 6.42 Å². The molecule has 240 valence electrons. The smallest absolute Gasteiger partial charge is 0.0547 e. The molecule has 0 amide bonds. The van der Waals surface area contributed by atoms with E-state index in [0.717, 1.165) is 12.8 Å². The lowest BCUT2D eigenvalue weighted by atomic mass is 9.99. The summed E-state index contributed by atoms with van der Waals surface area (Å²) in [6, 6.07) is 58.2. The van der Waals surface area contributed by atoms with Gasteiger partial charge in [-0.05, 0) is 107 Å². The van der Waals surface area contributed by atoms with Crippen molar-refractivity contribution in [1.29, 1.82) is 0 Å². The van der Waals surface area contributed by atoms with Gasteiger partial charge in [-0.25, -0.2) is 0 Å². The van der Waals surface area contributed by atoms with Crippen LogP contribution in [0.1, 0.15) is 16.9 Å². The minimum Gasteiger partial charge on any atom is -0.309 e. The molecule has 1 aliphatic rings. The van der Waals surface area contributed by atoms with Crippen molar-refractivity contribution in [3.8, 4) is 33.6 Å². The van der Waals surface area contributed by atoms with Gasteiger partial charge in [-0.2, -0.15) is 0 Å². The number of rotatable bonds is 4. The summed E-state index contributed by atoms with van der Waals surface area (Å²) >= 11 is 1.96. The van der Waals surface area contributed by atoms with E-state index in [9.17, 15) is 0 Å². The first-order valence-electron chi connectivity index (χ1n) is 17.7. The first kappa shape index (κ1) is 28.7. The topological polar surface area (TPSA) is 9.86 Å². The van der Waals surface area contributed by atoms with E-state index in [1.54, 1.807) is 0 Å². The molecule has 0 bridgehead atoms. The number of aromatic nitrogens is 2. The molecule has 0 unspecified atom stereocenters. The SMILES string of the molecule is C1=Cc2c(sc3cc(-c4cccc(-n5c6ccccc6c6ccc(-c7ccc8c(c7)c7ccccc7n8-c7ccccc7)cc65)c4)ccc23)CC1. The summed E-state index contributed by atoms with van der Waals surface area (Å²) < 4.78 is 6.20. The third-order valence-electron chi connectivity index (χ3n) is 10.8. The van der Waals surface area contributed by atoms with Gasteiger partial charge in [0, 0.05) is 42.5 Å². The number of aryl methyl sites for hydroxylation is 1. The minimum atomic E-state index is 1.14. The van der Waals surface area contributed by atoms with Crippen LogP contribution in [0.2, 0.25) is 0 Å². The minimum absolute atomic E-state index is 1.14. The molecule has 1 aliphatic carbocycles. The van der Waals surface area contributed by atoms with E-state index in [1.807, 2.05) is 11.3 Å². The fraction of sp³-hybridized carbons (Fsp3) is 0.0417. The van der Waals surface area contributed by atoms with Gasteiger partial charge in [0.05, 0.1) is 22.1 Å². The van der Waals surface area contributed by atoms with Gasteiger partial charge in [0.2, 0.25) is 0 Å². The summed E-state index contributed by atoms with van der Waals surface area (Å²) in [5, 5.41) is 6.44. The standard InChI is InChI=1S/C48H32N2S/c1-2-12-35(13-3-1)49-44-19-8-5-16-38(44)42-28-32(23-26-45(42)49)33-21-24-39-37-15-4-7-18-43(37)50(46(39)29-33)36-14-10-11-31(27-36)34-22-25-41-40-17-6-9-20-47(40)51-48(41)30-34/h1-8,10-19,21-30H,9,20H2. The van der Waals surface area contributed by atoms with E-state index in [-0.39, 0.29) is 0 Å². The summed E-state index contributed by atoms with van der Waals surface area (Å²) in [6.07, 6.45) is 6.92. The third kappa shape index (κ3) is 4.42. The lowest BCUT2D eigenvalue weighted by molar-refractivity contribution is 1.02. The molecule has 51 heavy (non-hydrogen) atoms. The second kappa shape index (κ2) is 11.2. The Kier molecular flexibility index (Phi) is 6.28. The van der Waals surface area contributed by atoms with Crippen molar-refractivity contribution in [2.24, 2.45) is 0 Å². The summed E-state index contributed by atoms with van der Waals surface area (Å²) in [5.41, 5.74) is 13.6. The van der Waals surface area contributed by atoms with Crippen LogP contribution >= 0.6 is 11.3 Å². The maximum absolute atomic E-state index is 2.45. The van der Waals surface area contributed by atoms with Gasteiger partial charge in [-0.15, -0.1) is 11.3 Å². The lowest BCUT2D eigenvalue weighted by Gasteiger charge is -2.12. The first-order valence-corrected chi connectivity index (χ1v) is 18.6. The molecule has 0 saturated heterocycles. The zero-order chi connectivity index (χ0) is 33.5. The van der Waals surface area contributed by atoms with Crippen LogP contribution < -0.4 is 0 Å². The molecule has 0 spiro atoms. The van der Waals surface area contributed by atoms with E-state index in [2.05, 4.69) is 179 Å². The number of fused-ring (bicyclic) bond motifs is 9. The van der Waals surface area contributed by atoms with Gasteiger partial charge >= 0.3 is 0 Å². The lowest BCUT2D eigenvalue weighted by Crippen LogP contribution is -1.94. The Morgan fingerprint density at radius 1 is 0.412 bits per heavy atom. The number of hydrogen-bond acceptors (Lipinski definition) is 1. The highest BCUT2D eigenvalue weighted by Crippen LogP contribution is 2.40. The van der Waals surface area contributed by atoms with Crippen molar-refractivity contribution < 1.29 is 0 Å². The van der Waals surface area contributed by atoms with Crippen molar-refractivity contribution in [1.82, 2.24) is 9.13 Å². The van der Waals surface area contributed by atoms with E-state index in [4.69, 9.17) is 0 Å². The fourth-order valence-corrected chi connectivity index (χ4v) is 9.64. The zero-order valence-corrected chi connectivity index (χ0v) is 28.7. The van der Waals surface area contributed by atoms with E-state index in [1.165, 1.54) is 97.8 Å². The van der Waals surface area contributed by atoms with E-state index in [0.29, 0.717) is 0 Å². The van der Waals surface area contributed by atoms with Crippen molar-refractivity contribution >= 4 is 71.1 Å². The maximum Gasteiger partial charge on any atom is 0.0547 e. The normalized spacial score (nSPS) is 12.9. The monoisotopic (exact) mass is 668 g/mol. The molecule has 2 nitrogen and oxygen atoms in total. The number of allylic oxidation sites excluding steroid dienone is 1. The van der Waals surface area contributed by atoms with Gasteiger partial charge in [-0.1, -0.05) is 109 Å². The molecule has 3 heteroatoms. The Hall–Kier alpha value is -6.16.